The highest BCUT2D eigenvalue weighted by Crippen LogP contribution is 2.36. The van der Waals surface area contributed by atoms with E-state index in [-0.39, 0.29) is 5.75 Å². The molecule has 0 atom stereocenters. The topological polar surface area (TPSA) is 52.6 Å². The third kappa shape index (κ3) is 4.63. The molecule has 0 unspecified atom stereocenters. The van der Waals surface area contributed by atoms with E-state index in [0.717, 1.165) is 5.56 Å². The lowest BCUT2D eigenvalue weighted by molar-refractivity contribution is -0.0500. The van der Waals surface area contributed by atoms with E-state index in [1.807, 2.05) is 19.6 Å². The fourth-order valence-corrected chi connectivity index (χ4v) is 2.68. The van der Waals surface area contributed by atoms with Gasteiger partial charge in [0.25, 0.3) is 0 Å². The first-order valence-electron chi connectivity index (χ1n) is 6.04. The molecule has 0 aliphatic heterocycles. The zero-order valence-corrected chi connectivity index (χ0v) is 14.1. The molecule has 1 rings (SSSR count). The van der Waals surface area contributed by atoms with Crippen LogP contribution in [0.25, 0.3) is 0 Å². The van der Waals surface area contributed by atoms with Gasteiger partial charge in [-0.15, -0.1) is 0 Å². The van der Waals surface area contributed by atoms with Crippen molar-refractivity contribution in [2.75, 3.05) is 0 Å². The predicted octanol–water partition coefficient (Wildman–Crippen LogP) is 3.75. The van der Waals surface area contributed by atoms with E-state index in [4.69, 9.17) is 4.43 Å². The first-order chi connectivity index (χ1) is 9.23. The second-order valence-corrected chi connectivity index (χ2v) is 11.5. The van der Waals surface area contributed by atoms with E-state index in [1.54, 1.807) is 13.8 Å². The van der Waals surface area contributed by atoms with Gasteiger partial charge >= 0.3 is 15.6 Å². The van der Waals surface area contributed by atoms with E-state index in [9.17, 15) is 21.6 Å². The van der Waals surface area contributed by atoms with Gasteiger partial charge in [0.1, 0.15) is 5.75 Å². The van der Waals surface area contributed by atoms with Crippen molar-refractivity contribution in [1.82, 2.24) is 0 Å². The molecule has 0 heterocycles. The van der Waals surface area contributed by atoms with E-state index in [1.165, 1.54) is 12.1 Å². The van der Waals surface area contributed by atoms with Gasteiger partial charge in [0.15, 0.2) is 5.75 Å². The highest BCUT2D eigenvalue weighted by molar-refractivity contribution is 7.88. The van der Waals surface area contributed by atoms with Gasteiger partial charge in [0.05, 0.1) is 0 Å². The van der Waals surface area contributed by atoms with Crippen LogP contribution in [0.1, 0.15) is 11.1 Å². The molecule has 1 aromatic carbocycles. The van der Waals surface area contributed by atoms with Crippen LogP contribution < -0.4 is 8.61 Å². The number of rotatable bonds is 4. The molecule has 0 radical (unpaired) electrons. The van der Waals surface area contributed by atoms with Crippen molar-refractivity contribution < 1.29 is 30.2 Å². The fourth-order valence-electron chi connectivity index (χ4n) is 1.40. The van der Waals surface area contributed by atoms with Crippen molar-refractivity contribution in [1.29, 1.82) is 0 Å². The van der Waals surface area contributed by atoms with Gasteiger partial charge in [0, 0.05) is 0 Å². The highest BCUT2D eigenvalue weighted by Gasteiger charge is 2.49. The SMILES string of the molecule is Cc1cc(O[Si](C)(C)C)c(OS(=O)(=O)C(F)(F)F)cc1C. The zero-order valence-electron chi connectivity index (χ0n) is 12.3. The molecule has 0 aliphatic rings. The van der Waals surface area contributed by atoms with Crippen molar-refractivity contribution in [2.24, 2.45) is 0 Å². The second kappa shape index (κ2) is 5.52. The first-order valence-corrected chi connectivity index (χ1v) is 10.9. The number of aryl methyl sites for hydroxylation is 2. The van der Waals surface area contributed by atoms with Crippen LogP contribution in [0.2, 0.25) is 19.6 Å². The van der Waals surface area contributed by atoms with Gasteiger partial charge in [-0.25, -0.2) is 0 Å². The summed E-state index contributed by atoms with van der Waals surface area (Å²) in [6, 6.07) is 2.71. The third-order valence-electron chi connectivity index (χ3n) is 2.46. The molecule has 4 nitrogen and oxygen atoms in total. The van der Waals surface area contributed by atoms with Gasteiger partial charge < -0.3 is 8.61 Å². The Balaban J connectivity index is 3.32. The Labute approximate surface area is 123 Å². The van der Waals surface area contributed by atoms with Crippen molar-refractivity contribution in [2.45, 2.75) is 39.0 Å². The monoisotopic (exact) mass is 342 g/mol. The second-order valence-electron chi connectivity index (χ2n) is 5.58. The summed E-state index contributed by atoms with van der Waals surface area (Å²) in [6.07, 6.45) is 0. The summed E-state index contributed by atoms with van der Waals surface area (Å²) >= 11 is 0. The molecule has 0 saturated carbocycles. The summed E-state index contributed by atoms with van der Waals surface area (Å²) in [6.45, 7) is 8.85. The number of hydrogen-bond acceptors (Lipinski definition) is 4. The van der Waals surface area contributed by atoms with Crippen molar-refractivity contribution in [3.05, 3.63) is 23.3 Å². The Morgan fingerprint density at radius 3 is 1.81 bits per heavy atom. The van der Waals surface area contributed by atoms with E-state index >= 15 is 0 Å². The summed E-state index contributed by atoms with van der Waals surface area (Å²) in [4.78, 5) is 0. The Morgan fingerprint density at radius 1 is 1.00 bits per heavy atom. The predicted molar refractivity (Wildman–Crippen MR) is 75.5 cm³/mol. The molecule has 9 heteroatoms. The van der Waals surface area contributed by atoms with E-state index < -0.39 is 29.7 Å². The average Bonchev–Trinajstić information content (AvgIpc) is 2.21. The number of hydrogen-bond donors (Lipinski definition) is 0. The molecule has 0 fully saturated rings. The van der Waals surface area contributed by atoms with Crippen LogP contribution >= 0.6 is 0 Å². The molecule has 0 amide bonds. The van der Waals surface area contributed by atoms with Gasteiger partial charge in [-0.2, -0.15) is 21.6 Å². The molecule has 0 aromatic heterocycles. The largest absolute Gasteiger partial charge is 0.542 e. The molecule has 0 aliphatic carbocycles. The van der Waals surface area contributed by atoms with Crippen LogP contribution in [-0.2, 0) is 10.1 Å². The molecule has 0 saturated heterocycles. The maximum Gasteiger partial charge on any atom is 0.534 e. The molecule has 120 valence electrons. The molecule has 0 N–H and O–H groups in total. The lowest BCUT2D eigenvalue weighted by Gasteiger charge is -2.22. The Bertz CT molecular complexity index is 633. The summed E-state index contributed by atoms with van der Waals surface area (Å²) in [7, 11) is -7.87. The summed E-state index contributed by atoms with van der Waals surface area (Å²) in [5.74, 6) is -0.442. The van der Waals surface area contributed by atoms with Crippen LogP contribution in [0.15, 0.2) is 12.1 Å². The van der Waals surface area contributed by atoms with Gasteiger partial charge in [-0.3, -0.25) is 0 Å². The Hall–Kier alpha value is -1.22. The van der Waals surface area contributed by atoms with Gasteiger partial charge in [-0.1, -0.05) is 0 Å². The van der Waals surface area contributed by atoms with Crippen LogP contribution in [0.5, 0.6) is 11.5 Å². The minimum Gasteiger partial charge on any atom is -0.542 e. The quantitative estimate of drug-likeness (QED) is 0.475. The van der Waals surface area contributed by atoms with Crippen LogP contribution in [0.3, 0.4) is 0 Å². The highest BCUT2D eigenvalue weighted by atomic mass is 32.2. The van der Waals surface area contributed by atoms with Crippen LogP contribution in [0.4, 0.5) is 13.2 Å². The molecular weight excluding hydrogens is 325 g/mol. The van der Waals surface area contributed by atoms with Crippen molar-refractivity contribution >= 4 is 18.4 Å². The fraction of sp³-hybridized carbons (Fsp3) is 0.500. The van der Waals surface area contributed by atoms with E-state index in [0.29, 0.717) is 5.56 Å². The van der Waals surface area contributed by atoms with Crippen molar-refractivity contribution in [3.63, 3.8) is 0 Å². The maximum absolute atomic E-state index is 12.4. The van der Waals surface area contributed by atoms with Gasteiger partial charge in [0.2, 0.25) is 8.32 Å². The first kappa shape index (κ1) is 17.8. The molecule has 0 bridgehead atoms. The normalized spacial score (nSPS) is 13.1. The molecule has 1 aromatic rings. The Morgan fingerprint density at radius 2 is 1.43 bits per heavy atom. The van der Waals surface area contributed by atoms with Gasteiger partial charge in [-0.05, 0) is 56.7 Å². The third-order valence-corrected chi connectivity index (χ3v) is 4.26. The molecule has 21 heavy (non-hydrogen) atoms. The van der Waals surface area contributed by atoms with Crippen LogP contribution in [0, 0.1) is 13.8 Å². The number of alkyl halides is 3. The summed E-state index contributed by atoms with van der Waals surface area (Å²) in [5.41, 5.74) is -4.12. The zero-order chi connectivity index (χ0) is 16.6. The maximum atomic E-state index is 12.4. The van der Waals surface area contributed by atoms with Crippen LogP contribution in [-0.4, -0.2) is 22.2 Å². The minimum absolute atomic E-state index is 0.00471. The lowest BCUT2D eigenvalue weighted by Crippen LogP contribution is -2.31. The summed E-state index contributed by atoms with van der Waals surface area (Å²) < 4.78 is 69.4. The van der Waals surface area contributed by atoms with Crippen molar-refractivity contribution in [3.8, 4) is 11.5 Å². The molecular formula is C12H17F3O4SSi. The minimum atomic E-state index is -5.72. The van der Waals surface area contributed by atoms with E-state index in [2.05, 4.69) is 4.18 Å². The lowest BCUT2D eigenvalue weighted by atomic mass is 10.1. The molecule has 0 spiro atoms. The summed E-state index contributed by atoms with van der Waals surface area (Å²) in [5, 5.41) is 0. The average molecular weight is 342 g/mol. The standard InChI is InChI=1S/C12H17F3O4SSi/c1-8-6-10(18-20(16,17)12(13,14)15)11(7-9(8)2)19-21(3,4)5/h6-7H,1-5H3. The number of benzene rings is 1. The Kier molecular flexibility index (Phi) is 4.69. The smallest absolute Gasteiger partial charge is 0.534 e. The number of halogens is 3.